The first-order valence-electron chi connectivity index (χ1n) is 10.0. The number of benzene rings is 2. The molecule has 1 aliphatic heterocycles. The van der Waals surface area contributed by atoms with Crippen molar-refractivity contribution in [2.45, 2.75) is 50.0 Å². The lowest BCUT2D eigenvalue weighted by Gasteiger charge is -2.25. The zero-order valence-electron chi connectivity index (χ0n) is 16.6. The summed E-state index contributed by atoms with van der Waals surface area (Å²) in [4.78, 5) is 12.6. The van der Waals surface area contributed by atoms with Crippen molar-refractivity contribution >= 4 is 31.9 Å². The Morgan fingerprint density at radius 3 is 2.28 bits per heavy atom. The molecule has 0 spiro atoms. The van der Waals surface area contributed by atoms with Gasteiger partial charge in [-0.25, -0.2) is 8.42 Å². The fourth-order valence-electron chi connectivity index (χ4n) is 3.49. The average molecular weight is 479 g/mol. The number of rotatable bonds is 7. The number of sulfonamides is 1. The van der Waals surface area contributed by atoms with E-state index in [2.05, 4.69) is 21.2 Å². The number of piperidine rings is 1. The Balaban J connectivity index is 1.53. The monoisotopic (exact) mass is 478 g/mol. The molecule has 7 heteroatoms. The molecule has 1 heterocycles. The Hall–Kier alpha value is -1.70. The molecule has 0 radical (unpaired) electrons. The second-order valence-corrected chi connectivity index (χ2v) is 10.3. The van der Waals surface area contributed by atoms with Gasteiger partial charge in [-0.3, -0.25) is 4.79 Å². The number of carbonyl (C=O) groups excluding carboxylic acids is 1. The molecule has 156 valence electrons. The van der Waals surface area contributed by atoms with Crippen LogP contribution in [0.5, 0.6) is 0 Å². The fourth-order valence-corrected chi connectivity index (χ4v) is 5.27. The Labute approximate surface area is 181 Å². The van der Waals surface area contributed by atoms with Gasteiger partial charge in [-0.15, -0.1) is 0 Å². The van der Waals surface area contributed by atoms with Gasteiger partial charge >= 0.3 is 0 Å². The van der Waals surface area contributed by atoms with Crippen LogP contribution in [0.25, 0.3) is 0 Å². The topological polar surface area (TPSA) is 66.5 Å². The van der Waals surface area contributed by atoms with E-state index < -0.39 is 10.0 Å². The Morgan fingerprint density at radius 1 is 1.03 bits per heavy atom. The van der Waals surface area contributed by atoms with Crippen LogP contribution in [0.3, 0.4) is 0 Å². The van der Waals surface area contributed by atoms with Crippen molar-refractivity contribution in [2.75, 3.05) is 13.1 Å². The molecule has 0 aromatic heterocycles. The van der Waals surface area contributed by atoms with Crippen LogP contribution in [0.2, 0.25) is 0 Å². The van der Waals surface area contributed by atoms with Gasteiger partial charge in [0.05, 0.1) is 10.9 Å². The molecule has 0 saturated carbocycles. The third kappa shape index (κ3) is 5.90. The van der Waals surface area contributed by atoms with Gasteiger partial charge in [-0.1, -0.05) is 46.6 Å². The quantitative estimate of drug-likeness (QED) is 0.639. The predicted molar refractivity (Wildman–Crippen MR) is 118 cm³/mol. The highest BCUT2D eigenvalue weighted by atomic mass is 79.9. The van der Waals surface area contributed by atoms with Crippen LogP contribution in [0.15, 0.2) is 57.9 Å². The summed E-state index contributed by atoms with van der Waals surface area (Å²) in [6.07, 6.45) is 3.87. The number of nitrogens with one attached hydrogen (secondary N) is 1. The predicted octanol–water partition coefficient (Wildman–Crippen LogP) is 4.43. The summed E-state index contributed by atoms with van der Waals surface area (Å²) in [5.74, 6) is -0.0227. The molecule has 2 aromatic carbocycles. The summed E-state index contributed by atoms with van der Waals surface area (Å²) in [7, 11) is -3.41. The highest BCUT2D eigenvalue weighted by Gasteiger charge is 2.25. The number of halogens is 1. The van der Waals surface area contributed by atoms with Gasteiger partial charge in [0.15, 0.2) is 0 Å². The Bertz CT molecular complexity index is 922. The number of hydrogen-bond donors (Lipinski definition) is 1. The Morgan fingerprint density at radius 2 is 1.66 bits per heavy atom. The van der Waals surface area contributed by atoms with Crippen molar-refractivity contribution in [1.82, 2.24) is 9.62 Å². The highest BCUT2D eigenvalue weighted by Crippen LogP contribution is 2.21. The van der Waals surface area contributed by atoms with Crippen LogP contribution in [-0.4, -0.2) is 31.7 Å². The number of hydrogen-bond acceptors (Lipinski definition) is 3. The van der Waals surface area contributed by atoms with E-state index in [0.717, 1.165) is 34.9 Å². The van der Waals surface area contributed by atoms with Gasteiger partial charge in [0, 0.05) is 24.0 Å². The van der Waals surface area contributed by atoms with Gasteiger partial charge in [0.25, 0.3) is 0 Å². The highest BCUT2D eigenvalue weighted by molar-refractivity contribution is 9.10. The third-order valence-electron chi connectivity index (χ3n) is 5.26. The summed E-state index contributed by atoms with van der Waals surface area (Å²) >= 11 is 3.41. The molecule has 2 aromatic rings. The minimum atomic E-state index is -3.41. The van der Waals surface area contributed by atoms with E-state index in [1.54, 1.807) is 16.4 Å². The van der Waals surface area contributed by atoms with Crippen molar-refractivity contribution in [3.8, 4) is 0 Å². The van der Waals surface area contributed by atoms with Gasteiger partial charge < -0.3 is 5.32 Å². The molecule has 0 unspecified atom stereocenters. The van der Waals surface area contributed by atoms with Crippen LogP contribution in [0.4, 0.5) is 0 Å². The maximum atomic E-state index is 12.7. The number of carbonyl (C=O) groups is 1. The molecule has 1 aliphatic rings. The Kier molecular flexibility index (Phi) is 7.49. The smallest absolute Gasteiger partial charge is 0.243 e. The van der Waals surface area contributed by atoms with Gasteiger partial charge in [0.1, 0.15) is 0 Å². The van der Waals surface area contributed by atoms with Crippen LogP contribution in [-0.2, 0) is 21.2 Å². The summed E-state index contributed by atoms with van der Waals surface area (Å²) in [5, 5.41) is 3.01. The van der Waals surface area contributed by atoms with E-state index in [1.165, 1.54) is 0 Å². The van der Waals surface area contributed by atoms with E-state index in [1.807, 2.05) is 43.3 Å². The van der Waals surface area contributed by atoms with Crippen molar-refractivity contribution < 1.29 is 13.2 Å². The van der Waals surface area contributed by atoms with Crippen LogP contribution < -0.4 is 5.32 Å². The lowest BCUT2D eigenvalue weighted by molar-refractivity contribution is -0.121. The lowest BCUT2D eigenvalue weighted by Crippen LogP contribution is -2.35. The summed E-state index contributed by atoms with van der Waals surface area (Å²) in [5.41, 5.74) is 2.00. The molecule has 1 atom stereocenters. The fraction of sp³-hybridized carbons (Fsp3) is 0.409. The minimum absolute atomic E-state index is 0.0227. The molecular weight excluding hydrogens is 452 g/mol. The van der Waals surface area contributed by atoms with E-state index in [-0.39, 0.29) is 11.9 Å². The molecular formula is C22H27BrN2O3S. The molecule has 1 fully saturated rings. The van der Waals surface area contributed by atoms with Crippen molar-refractivity contribution in [3.63, 3.8) is 0 Å². The standard InChI is InChI=1S/C22H27BrN2O3S/c1-17(19-8-10-20(23)11-9-19)24-22(26)14-7-18-5-12-21(13-6-18)29(27,28)25-15-3-2-4-16-25/h5-6,8-13,17H,2-4,7,14-16H2,1H3,(H,24,26)/t17-/m0/s1. The average Bonchev–Trinajstić information content (AvgIpc) is 2.73. The second kappa shape index (κ2) is 9.87. The first-order chi connectivity index (χ1) is 13.9. The van der Waals surface area contributed by atoms with E-state index in [4.69, 9.17) is 0 Å². The lowest BCUT2D eigenvalue weighted by atomic mass is 10.1. The molecule has 1 amide bonds. The van der Waals surface area contributed by atoms with Crippen LogP contribution >= 0.6 is 15.9 Å². The van der Waals surface area contributed by atoms with Gasteiger partial charge in [-0.05, 0) is 61.6 Å². The molecule has 5 nitrogen and oxygen atoms in total. The third-order valence-corrected chi connectivity index (χ3v) is 7.71. The largest absolute Gasteiger partial charge is 0.350 e. The molecule has 0 bridgehead atoms. The van der Waals surface area contributed by atoms with E-state index >= 15 is 0 Å². The van der Waals surface area contributed by atoms with E-state index in [0.29, 0.717) is 30.8 Å². The van der Waals surface area contributed by atoms with Crippen molar-refractivity contribution in [3.05, 3.63) is 64.1 Å². The molecule has 1 N–H and O–H groups in total. The molecule has 3 rings (SSSR count). The SMILES string of the molecule is C[C@H](NC(=O)CCc1ccc(S(=O)(=O)N2CCCCC2)cc1)c1ccc(Br)cc1. The number of aryl methyl sites for hydroxylation is 1. The normalized spacial score (nSPS) is 16.3. The molecule has 0 aliphatic carbocycles. The zero-order chi connectivity index (χ0) is 20.9. The second-order valence-electron chi connectivity index (χ2n) is 7.45. The van der Waals surface area contributed by atoms with Crippen molar-refractivity contribution in [1.29, 1.82) is 0 Å². The zero-order valence-corrected chi connectivity index (χ0v) is 19.0. The minimum Gasteiger partial charge on any atom is -0.350 e. The van der Waals surface area contributed by atoms with Crippen molar-refractivity contribution in [2.24, 2.45) is 0 Å². The van der Waals surface area contributed by atoms with Gasteiger partial charge in [0.2, 0.25) is 15.9 Å². The summed E-state index contributed by atoms with van der Waals surface area (Å²) in [6, 6.07) is 14.7. The first-order valence-corrected chi connectivity index (χ1v) is 12.2. The maximum absolute atomic E-state index is 12.7. The first kappa shape index (κ1) is 22.0. The van der Waals surface area contributed by atoms with Crippen LogP contribution in [0.1, 0.15) is 49.8 Å². The van der Waals surface area contributed by atoms with E-state index in [9.17, 15) is 13.2 Å². The molecule has 1 saturated heterocycles. The van der Waals surface area contributed by atoms with Gasteiger partial charge in [-0.2, -0.15) is 4.31 Å². The molecule has 29 heavy (non-hydrogen) atoms. The maximum Gasteiger partial charge on any atom is 0.243 e. The summed E-state index contributed by atoms with van der Waals surface area (Å²) in [6.45, 7) is 3.16. The number of amides is 1. The van der Waals surface area contributed by atoms with Crippen LogP contribution in [0, 0.1) is 0 Å². The summed E-state index contributed by atoms with van der Waals surface area (Å²) < 4.78 is 28.0. The number of nitrogens with zero attached hydrogens (tertiary/aromatic N) is 1.